The lowest BCUT2D eigenvalue weighted by molar-refractivity contribution is 0.475. The van der Waals surface area contributed by atoms with Gasteiger partial charge in [0.2, 0.25) is 0 Å². The molecule has 0 amide bonds. The summed E-state index contributed by atoms with van der Waals surface area (Å²) < 4.78 is 0. The van der Waals surface area contributed by atoms with Crippen molar-refractivity contribution in [2.45, 2.75) is 19.8 Å². The molecule has 1 aromatic rings. The summed E-state index contributed by atoms with van der Waals surface area (Å²) in [6.45, 7) is 5.25. The lowest BCUT2D eigenvalue weighted by Crippen LogP contribution is -2.05. The molecule has 0 saturated heterocycles. The quantitative estimate of drug-likeness (QED) is 0.752. The molecular formula is C12H17NO. The van der Waals surface area contributed by atoms with E-state index in [2.05, 4.69) is 13.8 Å². The molecule has 14 heavy (non-hydrogen) atoms. The van der Waals surface area contributed by atoms with Gasteiger partial charge in [0.05, 0.1) is 0 Å². The van der Waals surface area contributed by atoms with Crippen LogP contribution in [0.3, 0.4) is 0 Å². The van der Waals surface area contributed by atoms with E-state index in [1.165, 1.54) is 5.56 Å². The molecule has 0 bridgehead atoms. The van der Waals surface area contributed by atoms with E-state index in [1.54, 1.807) is 12.1 Å². The van der Waals surface area contributed by atoms with Crippen LogP contribution >= 0.6 is 0 Å². The van der Waals surface area contributed by atoms with Crippen molar-refractivity contribution in [3.63, 3.8) is 0 Å². The van der Waals surface area contributed by atoms with Crippen LogP contribution in [0.15, 0.2) is 24.3 Å². The fraction of sp³-hybridized carbons (Fsp3) is 0.500. The van der Waals surface area contributed by atoms with Crippen LogP contribution in [0.2, 0.25) is 0 Å². The van der Waals surface area contributed by atoms with Gasteiger partial charge in [-0.2, -0.15) is 0 Å². The highest BCUT2D eigenvalue weighted by molar-refractivity contribution is 5.35. The predicted octanol–water partition coefficient (Wildman–Crippen LogP) is 2.09. The Morgan fingerprint density at radius 3 is 2.29 bits per heavy atom. The third kappa shape index (κ3) is 1.30. The normalized spacial score (nSPS) is 28.8. The zero-order valence-corrected chi connectivity index (χ0v) is 8.70. The van der Waals surface area contributed by atoms with E-state index in [1.807, 2.05) is 12.1 Å². The Morgan fingerprint density at radius 2 is 1.86 bits per heavy atom. The molecule has 1 aliphatic rings. The van der Waals surface area contributed by atoms with E-state index >= 15 is 0 Å². The standard InChI is InChI=1S/C12H17NO/c1-12(2)10(7-13)11(12)8-3-5-9(14)6-4-8/h3-6,10-11,14H,7,13H2,1-2H3/t10-,11-/m0/s1. The third-order valence-electron chi connectivity index (χ3n) is 3.56. The number of nitrogens with two attached hydrogens (primary N) is 1. The van der Waals surface area contributed by atoms with Gasteiger partial charge < -0.3 is 10.8 Å². The second-order valence-electron chi connectivity index (χ2n) is 4.73. The van der Waals surface area contributed by atoms with Crippen LogP contribution in [0.1, 0.15) is 25.3 Å². The second-order valence-corrected chi connectivity index (χ2v) is 4.73. The number of benzene rings is 1. The van der Waals surface area contributed by atoms with Crippen molar-refractivity contribution in [2.24, 2.45) is 17.1 Å². The van der Waals surface area contributed by atoms with E-state index < -0.39 is 0 Å². The first-order chi connectivity index (χ1) is 6.57. The molecule has 2 atom stereocenters. The average Bonchev–Trinajstić information content (AvgIpc) is 2.69. The van der Waals surface area contributed by atoms with Crippen LogP contribution in [0.5, 0.6) is 5.75 Å². The minimum atomic E-state index is 0.325. The maximum absolute atomic E-state index is 9.19. The summed E-state index contributed by atoms with van der Waals surface area (Å²) in [6, 6.07) is 7.49. The van der Waals surface area contributed by atoms with E-state index in [-0.39, 0.29) is 0 Å². The lowest BCUT2D eigenvalue weighted by atomic mass is 10.0. The Labute approximate surface area is 84.7 Å². The Bertz CT molecular complexity index is 329. The average molecular weight is 191 g/mol. The highest BCUT2D eigenvalue weighted by Crippen LogP contribution is 2.63. The molecule has 2 nitrogen and oxygen atoms in total. The van der Waals surface area contributed by atoms with Gasteiger partial charge in [-0.05, 0) is 41.5 Å². The van der Waals surface area contributed by atoms with Crippen molar-refractivity contribution in [3.05, 3.63) is 29.8 Å². The SMILES string of the molecule is CC1(C)[C@@H](CN)[C@@H]1c1ccc(O)cc1. The number of rotatable bonds is 2. The third-order valence-corrected chi connectivity index (χ3v) is 3.56. The Balaban J connectivity index is 2.22. The summed E-state index contributed by atoms with van der Waals surface area (Å²) in [6.07, 6.45) is 0. The molecule has 1 fully saturated rings. The first-order valence-electron chi connectivity index (χ1n) is 5.06. The van der Waals surface area contributed by atoms with Crippen molar-refractivity contribution in [1.82, 2.24) is 0 Å². The molecule has 76 valence electrons. The highest BCUT2D eigenvalue weighted by atomic mass is 16.3. The fourth-order valence-corrected chi connectivity index (χ4v) is 2.53. The molecule has 3 N–H and O–H groups in total. The molecule has 0 aromatic heterocycles. The van der Waals surface area contributed by atoms with Gasteiger partial charge in [-0.1, -0.05) is 26.0 Å². The van der Waals surface area contributed by atoms with Crippen molar-refractivity contribution >= 4 is 0 Å². The minimum Gasteiger partial charge on any atom is -0.508 e. The molecule has 0 spiro atoms. The Kier molecular flexibility index (Phi) is 2.04. The maximum atomic E-state index is 9.19. The summed E-state index contributed by atoms with van der Waals surface area (Å²) >= 11 is 0. The molecule has 2 heteroatoms. The van der Waals surface area contributed by atoms with Crippen molar-refractivity contribution in [3.8, 4) is 5.75 Å². The number of aromatic hydroxyl groups is 1. The van der Waals surface area contributed by atoms with Gasteiger partial charge in [-0.25, -0.2) is 0 Å². The van der Waals surface area contributed by atoms with Gasteiger partial charge in [0, 0.05) is 0 Å². The molecule has 0 unspecified atom stereocenters. The summed E-state index contributed by atoms with van der Waals surface area (Å²) in [4.78, 5) is 0. The summed E-state index contributed by atoms with van der Waals surface area (Å²) in [5.41, 5.74) is 7.34. The largest absolute Gasteiger partial charge is 0.508 e. The van der Waals surface area contributed by atoms with Gasteiger partial charge in [0.1, 0.15) is 5.75 Å². The summed E-state index contributed by atoms with van der Waals surface area (Å²) in [7, 11) is 0. The van der Waals surface area contributed by atoms with Crippen LogP contribution in [0.4, 0.5) is 0 Å². The van der Waals surface area contributed by atoms with E-state index in [4.69, 9.17) is 5.73 Å². The number of hydrogen-bond donors (Lipinski definition) is 2. The van der Waals surface area contributed by atoms with Gasteiger partial charge in [-0.3, -0.25) is 0 Å². The zero-order chi connectivity index (χ0) is 10.3. The molecule has 0 aliphatic heterocycles. The number of phenolic OH excluding ortho intramolecular Hbond substituents is 1. The first kappa shape index (κ1) is 9.53. The van der Waals surface area contributed by atoms with Gasteiger partial charge in [0.15, 0.2) is 0 Å². The van der Waals surface area contributed by atoms with Crippen LogP contribution < -0.4 is 5.73 Å². The van der Waals surface area contributed by atoms with Gasteiger partial charge in [-0.15, -0.1) is 0 Å². The summed E-state index contributed by atoms with van der Waals surface area (Å²) in [5.74, 6) is 1.48. The van der Waals surface area contributed by atoms with E-state index in [9.17, 15) is 5.11 Å². The Morgan fingerprint density at radius 1 is 1.29 bits per heavy atom. The molecule has 2 rings (SSSR count). The summed E-state index contributed by atoms with van der Waals surface area (Å²) in [5, 5.41) is 9.19. The van der Waals surface area contributed by atoms with Crippen molar-refractivity contribution in [1.29, 1.82) is 0 Å². The van der Waals surface area contributed by atoms with E-state index in [0.717, 1.165) is 6.54 Å². The van der Waals surface area contributed by atoms with Crippen LogP contribution in [-0.4, -0.2) is 11.7 Å². The number of hydrogen-bond acceptors (Lipinski definition) is 2. The van der Waals surface area contributed by atoms with Crippen LogP contribution in [0, 0.1) is 11.3 Å². The predicted molar refractivity (Wildman–Crippen MR) is 57.2 cm³/mol. The molecular weight excluding hydrogens is 174 g/mol. The van der Waals surface area contributed by atoms with Gasteiger partial charge in [0.25, 0.3) is 0 Å². The topological polar surface area (TPSA) is 46.2 Å². The highest BCUT2D eigenvalue weighted by Gasteiger charge is 2.56. The van der Waals surface area contributed by atoms with Crippen LogP contribution in [-0.2, 0) is 0 Å². The molecule has 1 aliphatic carbocycles. The minimum absolute atomic E-state index is 0.325. The maximum Gasteiger partial charge on any atom is 0.115 e. The van der Waals surface area contributed by atoms with Crippen LogP contribution in [0.25, 0.3) is 0 Å². The van der Waals surface area contributed by atoms with Gasteiger partial charge >= 0.3 is 0 Å². The zero-order valence-electron chi connectivity index (χ0n) is 8.70. The molecule has 0 heterocycles. The molecule has 0 radical (unpaired) electrons. The smallest absolute Gasteiger partial charge is 0.115 e. The van der Waals surface area contributed by atoms with E-state index in [0.29, 0.717) is 23.0 Å². The molecule has 1 saturated carbocycles. The Hall–Kier alpha value is -1.02. The first-order valence-corrected chi connectivity index (χ1v) is 5.06. The second kappa shape index (κ2) is 2.99. The monoisotopic (exact) mass is 191 g/mol. The number of phenols is 1. The lowest BCUT2D eigenvalue weighted by Gasteiger charge is -2.02. The molecule has 1 aromatic carbocycles. The van der Waals surface area contributed by atoms with Crippen molar-refractivity contribution < 1.29 is 5.11 Å². The fourth-order valence-electron chi connectivity index (χ4n) is 2.53. The van der Waals surface area contributed by atoms with Crippen molar-refractivity contribution in [2.75, 3.05) is 6.54 Å².